The number of carbonyl (C=O) groups is 1. The van der Waals surface area contributed by atoms with Crippen molar-refractivity contribution in [3.05, 3.63) is 48.0 Å². The number of halogens is 3. The lowest BCUT2D eigenvalue weighted by molar-refractivity contribution is -0.274. The topological polar surface area (TPSA) is 59.4 Å². The van der Waals surface area contributed by atoms with Gasteiger partial charge in [-0.2, -0.15) is 0 Å². The van der Waals surface area contributed by atoms with E-state index in [1.54, 1.807) is 12.1 Å². The summed E-state index contributed by atoms with van der Waals surface area (Å²) in [5.74, 6) is 0.903. The van der Waals surface area contributed by atoms with Gasteiger partial charge in [-0.15, -0.1) is 13.2 Å². The van der Waals surface area contributed by atoms with Crippen molar-refractivity contribution in [3.8, 4) is 5.75 Å². The number of aromatic nitrogens is 2. The lowest BCUT2D eigenvalue weighted by Crippen LogP contribution is -2.35. The minimum atomic E-state index is -4.74. The predicted octanol–water partition coefficient (Wildman–Crippen LogP) is 7.69. The molecule has 0 radical (unpaired) electrons. The van der Waals surface area contributed by atoms with Gasteiger partial charge in [-0.1, -0.05) is 20.8 Å². The van der Waals surface area contributed by atoms with E-state index in [9.17, 15) is 18.0 Å². The van der Waals surface area contributed by atoms with Gasteiger partial charge in [0.15, 0.2) is 0 Å². The molecule has 2 heterocycles. The minimum absolute atomic E-state index is 0.0476. The van der Waals surface area contributed by atoms with Crippen molar-refractivity contribution in [1.29, 1.82) is 0 Å². The predicted molar refractivity (Wildman–Crippen MR) is 142 cm³/mol. The standard InChI is InChI=1S/C29H35F3N4O2/c1-19-15-22(18-28(2,3)17-19)36-25-16-20(26(37)35-13-5-4-6-14-35)7-12-24(25)34-27(36)33-21-8-10-23(11-9-21)38-29(30,31)32/h7-12,16,19,22H,4-6,13-15,17-18H2,1-3H3,(H,33,34). The summed E-state index contributed by atoms with van der Waals surface area (Å²) in [7, 11) is 0. The third kappa shape index (κ3) is 5.92. The molecule has 6 nitrogen and oxygen atoms in total. The molecular formula is C29H35F3N4O2. The summed E-state index contributed by atoms with van der Waals surface area (Å²) in [5.41, 5.74) is 3.07. The largest absolute Gasteiger partial charge is 0.573 e. The zero-order chi connectivity index (χ0) is 27.1. The number of ether oxygens (including phenoxy) is 1. The Bertz CT molecular complexity index is 1290. The molecule has 3 aromatic rings. The first kappa shape index (κ1) is 26.4. The number of rotatable bonds is 5. The second-order valence-electron chi connectivity index (χ2n) is 11.6. The normalized spacial score (nSPS) is 21.9. The molecule has 1 aromatic heterocycles. The Hall–Kier alpha value is -3.23. The summed E-state index contributed by atoms with van der Waals surface area (Å²) < 4.78 is 44.0. The fourth-order valence-corrected chi connectivity index (χ4v) is 6.32. The minimum Gasteiger partial charge on any atom is -0.406 e. The Morgan fingerprint density at radius 2 is 1.76 bits per heavy atom. The number of piperidine rings is 1. The van der Waals surface area contributed by atoms with Crippen LogP contribution in [0.3, 0.4) is 0 Å². The van der Waals surface area contributed by atoms with E-state index in [2.05, 4.69) is 35.4 Å². The van der Waals surface area contributed by atoms with E-state index in [1.807, 2.05) is 23.1 Å². The average molecular weight is 529 g/mol. The summed E-state index contributed by atoms with van der Waals surface area (Å²) in [6, 6.07) is 11.5. The molecule has 2 unspecified atom stereocenters. The third-order valence-corrected chi connectivity index (χ3v) is 7.65. The number of carbonyl (C=O) groups excluding carboxylic acids is 1. The summed E-state index contributed by atoms with van der Waals surface area (Å²) in [6.07, 6.45) is 1.55. The van der Waals surface area contributed by atoms with Crippen LogP contribution in [-0.4, -0.2) is 39.8 Å². The second kappa shape index (κ2) is 10.2. The van der Waals surface area contributed by atoms with Crippen LogP contribution in [0.15, 0.2) is 42.5 Å². The molecule has 0 spiro atoms. The summed E-state index contributed by atoms with van der Waals surface area (Å²) in [6.45, 7) is 8.40. The van der Waals surface area contributed by atoms with Crippen molar-refractivity contribution < 1.29 is 22.7 Å². The fourth-order valence-electron chi connectivity index (χ4n) is 6.32. The molecule has 1 aliphatic carbocycles. The molecule has 1 aliphatic heterocycles. The smallest absolute Gasteiger partial charge is 0.406 e. The Labute approximate surface area is 221 Å². The van der Waals surface area contributed by atoms with E-state index in [1.165, 1.54) is 12.1 Å². The van der Waals surface area contributed by atoms with E-state index in [0.717, 1.165) is 62.6 Å². The number of alkyl halides is 3. The first-order valence-corrected chi connectivity index (χ1v) is 13.4. The van der Waals surface area contributed by atoms with Gasteiger partial charge < -0.3 is 19.5 Å². The van der Waals surface area contributed by atoms with Crippen molar-refractivity contribution in [1.82, 2.24) is 14.5 Å². The van der Waals surface area contributed by atoms with Crippen molar-refractivity contribution in [3.63, 3.8) is 0 Å². The quantitative estimate of drug-likeness (QED) is 0.369. The molecule has 2 fully saturated rings. The molecule has 2 aromatic carbocycles. The van der Waals surface area contributed by atoms with Gasteiger partial charge in [-0.05, 0) is 92.3 Å². The highest BCUT2D eigenvalue weighted by Crippen LogP contribution is 2.46. The molecule has 9 heteroatoms. The zero-order valence-corrected chi connectivity index (χ0v) is 22.1. The van der Waals surface area contributed by atoms with E-state index < -0.39 is 6.36 Å². The van der Waals surface area contributed by atoms with Crippen molar-refractivity contribution in [2.75, 3.05) is 18.4 Å². The Balaban J connectivity index is 1.52. The van der Waals surface area contributed by atoms with E-state index in [4.69, 9.17) is 4.98 Å². The van der Waals surface area contributed by atoms with Gasteiger partial charge in [0.2, 0.25) is 5.95 Å². The zero-order valence-electron chi connectivity index (χ0n) is 22.1. The van der Waals surface area contributed by atoms with E-state index in [-0.39, 0.29) is 23.1 Å². The fraction of sp³-hybridized carbons (Fsp3) is 0.517. The lowest BCUT2D eigenvalue weighted by atomic mass is 9.70. The van der Waals surface area contributed by atoms with Crippen LogP contribution in [0.4, 0.5) is 24.8 Å². The maximum Gasteiger partial charge on any atom is 0.573 e. The number of hydrogen-bond donors (Lipinski definition) is 1. The number of nitrogens with one attached hydrogen (secondary N) is 1. The monoisotopic (exact) mass is 528 g/mol. The SMILES string of the molecule is CC1CC(n2c(Nc3ccc(OC(F)(F)F)cc3)nc3ccc(C(=O)N4CCCCC4)cc32)CC(C)(C)C1. The van der Waals surface area contributed by atoms with Gasteiger partial charge in [-0.25, -0.2) is 4.98 Å². The van der Waals surface area contributed by atoms with Crippen LogP contribution in [-0.2, 0) is 0 Å². The second-order valence-corrected chi connectivity index (χ2v) is 11.6. The highest BCUT2D eigenvalue weighted by Gasteiger charge is 2.35. The third-order valence-electron chi connectivity index (χ3n) is 7.65. The van der Waals surface area contributed by atoms with Gasteiger partial charge in [0.1, 0.15) is 5.75 Å². The molecule has 5 rings (SSSR count). The summed E-state index contributed by atoms with van der Waals surface area (Å²) in [5, 5.41) is 3.32. The van der Waals surface area contributed by atoms with Crippen molar-refractivity contribution in [2.24, 2.45) is 11.3 Å². The lowest BCUT2D eigenvalue weighted by Gasteiger charge is -2.40. The summed E-state index contributed by atoms with van der Waals surface area (Å²) in [4.78, 5) is 20.1. The Kier molecular flexibility index (Phi) is 7.05. The number of likely N-dealkylation sites (tertiary alicyclic amines) is 1. The van der Waals surface area contributed by atoms with Crippen molar-refractivity contribution >= 4 is 28.6 Å². The van der Waals surface area contributed by atoms with Gasteiger partial charge in [0.05, 0.1) is 11.0 Å². The Morgan fingerprint density at radius 1 is 1.05 bits per heavy atom. The molecule has 204 valence electrons. The average Bonchev–Trinajstić information content (AvgIpc) is 3.20. The van der Waals surface area contributed by atoms with Crippen LogP contribution in [0.1, 0.15) is 75.7 Å². The molecule has 1 N–H and O–H groups in total. The Morgan fingerprint density at radius 3 is 2.42 bits per heavy atom. The van der Waals surface area contributed by atoms with Crippen molar-refractivity contribution in [2.45, 2.75) is 71.7 Å². The molecule has 1 saturated heterocycles. The molecular weight excluding hydrogens is 493 g/mol. The molecule has 1 amide bonds. The number of fused-ring (bicyclic) bond motifs is 1. The number of imidazole rings is 1. The number of benzene rings is 2. The number of hydrogen-bond acceptors (Lipinski definition) is 4. The highest BCUT2D eigenvalue weighted by molar-refractivity contribution is 5.98. The van der Waals surface area contributed by atoms with Crippen LogP contribution < -0.4 is 10.1 Å². The van der Waals surface area contributed by atoms with Gasteiger partial charge in [0.25, 0.3) is 5.91 Å². The number of nitrogens with zero attached hydrogens (tertiary/aromatic N) is 3. The van der Waals surface area contributed by atoms with Gasteiger partial charge >= 0.3 is 6.36 Å². The van der Waals surface area contributed by atoms with E-state index >= 15 is 0 Å². The number of anilines is 2. The van der Waals surface area contributed by atoms with Crippen LogP contribution >= 0.6 is 0 Å². The maximum absolute atomic E-state index is 13.3. The molecule has 1 saturated carbocycles. The molecule has 2 atom stereocenters. The molecule has 0 bridgehead atoms. The van der Waals surface area contributed by atoms with Crippen LogP contribution in [0.25, 0.3) is 11.0 Å². The van der Waals surface area contributed by atoms with Gasteiger partial charge in [0, 0.05) is 30.4 Å². The first-order valence-electron chi connectivity index (χ1n) is 13.4. The number of amides is 1. The maximum atomic E-state index is 13.3. The molecule has 38 heavy (non-hydrogen) atoms. The van der Waals surface area contributed by atoms with Crippen LogP contribution in [0.5, 0.6) is 5.75 Å². The van der Waals surface area contributed by atoms with Gasteiger partial charge in [-0.3, -0.25) is 4.79 Å². The first-order chi connectivity index (χ1) is 18.0. The summed E-state index contributed by atoms with van der Waals surface area (Å²) >= 11 is 0. The highest BCUT2D eigenvalue weighted by atomic mass is 19.4. The van der Waals surface area contributed by atoms with E-state index in [0.29, 0.717) is 23.1 Å². The molecule has 2 aliphatic rings. The van der Waals surface area contributed by atoms with Crippen LogP contribution in [0, 0.1) is 11.3 Å². The van der Waals surface area contributed by atoms with Crippen LogP contribution in [0.2, 0.25) is 0 Å².